The van der Waals surface area contributed by atoms with Crippen molar-refractivity contribution in [3.8, 4) is 0 Å². The zero-order chi connectivity index (χ0) is 17.8. The summed E-state index contributed by atoms with van der Waals surface area (Å²) >= 11 is 0. The van der Waals surface area contributed by atoms with Crippen LogP contribution in [0.15, 0.2) is 18.3 Å². The molecular formula is C16H23N7O2. The summed E-state index contributed by atoms with van der Waals surface area (Å²) in [5.41, 5.74) is 0.864. The average molecular weight is 345 g/mol. The molecule has 134 valence electrons. The minimum absolute atomic E-state index is 0.0272. The van der Waals surface area contributed by atoms with Crippen LogP contribution in [0, 0.1) is 6.92 Å². The minimum Gasteiger partial charge on any atom is -0.447 e. The van der Waals surface area contributed by atoms with Gasteiger partial charge in [0.2, 0.25) is 5.95 Å². The zero-order valence-electron chi connectivity index (χ0n) is 14.6. The molecular weight excluding hydrogens is 322 g/mol. The molecule has 25 heavy (non-hydrogen) atoms. The molecule has 1 fully saturated rings. The second-order valence-electron chi connectivity index (χ2n) is 6.32. The molecule has 3 heterocycles. The molecule has 1 saturated heterocycles. The summed E-state index contributed by atoms with van der Waals surface area (Å²) < 4.78 is 5.13. The Morgan fingerprint density at radius 3 is 3.00 bits per heavy atom. The van der Waals surface area contributed by atoms with E-state index in [1.54, 1.807) is 6.20 Å². The first kappa shape index (κ1) is 17.0. The number of ether oxygens (including phenoxy) is 1. The number of nitrogens with zero attached hydrogens (tertiary/aromatic N) is 4. The normalized spacial score (nSPS) is 17.0. The second kappa shape index (κ2) is 7.37. The van der Waals surface area contributed by atoms with Crippen LogP contribution >= 0.6 is 0 Å². The highest BCUT2D eigenvalue weighted by atomic mass is 16.6. The number of aromatic nitrogens is 4. The molecule has 0 spiro atoms. The van der Waals surface area contributed by atoms with Crippen LogP contribution in [-0.2, 0) is 4.74 Å². The number of nitrogens with one attached hydrogen (secondary N) is 3. The Hall–Kier alpha value is -2.84. The summed E-state index contributed by atoms with van der Waals surface area (Å²) in [6.45, 7) is 7.01. The van der Waals surface area contributed by atoms with E-state index in [0.29, 0.717) is 18.3 Å². The van der Waals surface area contributed by atoms with Gasteiger partial charge < -0.3 is 20.3 Å². The smallest absolute Gasteiger partial charge is 0.407 e. The fraction of sp³-hybridized carbons (Fsp3) is 0.500. The number of H-pyrrole nitrogens is 1. The lowest BCUT2D eigenvalue weighted by molar-refractivity contribution is 0.113. The van der Waals surface area contributed by atoms with Crippen molar-refractivity contribution in [1.29, 1.82) is 0 Å². The fourth-order valence-electron chi connectivity index (χ4n) is 2.70. The molecule has 0 bridgehead atoms. The molecule has 0 saturated carbocycles. The first-order valence-electron chi connectivity index (χ1n) is 8.34. The molecule has 0 aromatic carbocycles. The lowest BCUT2D eigenvalue weighted by Gasteiger charge is -2.18. The van der Waals surface area contributed by atoms with E-state index in [4.69, 9.17) is 4.74 Å². The van der Waals surface area contributed by atoms with Gasteiger partial charge in [0.1, 0.15) is 11.6 Å². The SMILES string of the molecule is Cc1cc(Nc2ccn[nH]2)nc(N2CC[C@H](NC(=O)OC(C)C)C2)n1. The first-order chi connectivity index (χ1) is 12.0. The molecule has 1 amide bonds. The van der Waals surface area contributed by atoms with Crippen LogP contribution in [0.4, 0.5) is 22.4 Å². The van der Waals surface area contributed by atoms with Crippen molar-refractivity contribution in [3.05, 3.63) is 24.0 Å². The Bertz CT molecular complexity index is 717. The Morgan fingerprint density at radius 2 is 2.28 bits per heavy atom. The quantitative estimate of drug-likeness (QED) is 0.760. The van der Waals surface area contributed by atoms with E-state index >= 15 is 0 Å². The summed E-state index contributed by atoms with van der Waals surface area (Å²) in [4.78, 5) is 22.9. The van der Waals surface area contributed by atoms with Gasteiger partial charge in [-0.1, -0.05) is 0 Å². The molecule has 3 rings (SSSR count). The molecule has 0 aliphatic carbocycles. The molecule has 1 aliphatic heterocycles. The lowest BCUT2D eigenvalue weighted by Crippen LogP contribution is -2.38. The van der Waals surface area contributed by atoms with Gasteiger partial charge in [-0.15, -0.1) is 0 Å². The number of aryl methyl sites for hydroxylation is 1. The number of carbonyl (C=O) groups is 1. The van der Waals surface area contributed by atoms with Crippen LogP contribution in [0.3, 0.4) is 0 Å². The van der Waals surface area contributed by atoms with Crippen LogP contribution in [0.2, 0.25) is 0 Å². The van der Waals surface area contributed by atoms with E-state index < -0.39 is 0 Å². The van der Waals surface area contributed by atoms with Gasteiger partial charge in [-0.3, -0.25) is 5.10 Å². The molecule has 0 radical (unpaired) electrons. The van der Waals surface area contributed by atoms with Crippen molar-refractivity contribution in [2.45, 2.75) is 39.3 Å². The molecule has 2 aromatic rings. The molecule has 1 atom stereocenters. The van der Waals surface area contributed by atoms with Crippen molar-refractivity contribution in [2.75, 3.05) is 23.3 Å². The molecule has 9 nitrogen and oxygen atoms in total. The van der Waals surface area contributed by atoms with Crippen LogP contribution < -0.4 is 15.5 Å². The van der Waals surface area contributed by atoms with Gasteiger partial charge in [0.05, 0.1) is 18.3 Å². The number of aromatic amines is 1. The van der Waals surface area contributed by atoms with Gasteiger partial charge in [-0.25, -0.2) is 9.78 Å². The summed E-state index contributed by atoms with van der Waals surface area (Å²) in [7, 11) is 0. The number of rotatable bonds is 5. The molecule has 3 N–H and O–H groups in total. The highest BCUT2D eigenvalue weighted by Gasteiger charge is 2.26. The highest BCUT2D eigenvalue weighted by Crippen LogP contribution is 2.20. The van der Waals surface area contributed by atoms with Gasteiger partial charge in [0.25, 0.3) is 0 Å². The van der Waals surface area contributed by atoms with E-state index in [0.717, 1.165) is 24.5 Å². The van der Waals surface area contributed by atoms with Crippen molar-refractivity contribution >= 4 is 23.7 Å². The Morgan fingerprint density at radius 1 is 1.44 bits per heavy atom. The maximum Gasteiger partial charge on any atom is 0.407 e. The van der Waals surface area contributed by atoms with Crippen molar-refractivity contribution in [2.24, 2.45) is 0 Å². The summed E-state index contributed by atoms with van der Waals surface area (Å²) in [5.74, 6) is 2.10. The number of amides is 1. The van der Waals surface area contributed by atoms with Crippen LogP contribution in [0.1, 0.15) is 26.0 Å². The maximum absolute atomic E-state index is 11.7. The molecule has 0 unspecified atom stereocenters. The Balaban J connectivity index is 1.64. The van der Waals surface area contributed by atoms with Crippen LogP contribution in [-0.4, -0.2) is 51.5 Å². The third kappa shape index (κ3) is 4.59. The van der Waals surface area contributed by atoms with Crippen molar-refractivity contribution in [1.82, 2.24) is 25.5 Å². The fourth-order valence-corrected chi connectivity index (χ4v) is 2.70. The van der Waals surface area contributed by atoms with Gasteiger partial charge >= 0.3 is 6.09 Å². The number of alkyl carbamates (subject to hydrolysis) is 1. The number of hydrogen-bond donors (Lipinski definition) is 3. The van der Waals surface area contributed by atoms with E-state index in [1.807, 2.05) is 32.9 Å². The topological polar surface area (TPSA) is 108 Å². The minimum atomic E-state index is -0.381. The predicted octanol–water partition coefficient (Wildman–Crippen LogP) is 1.97. The van der Waals surface area contributed by atoms with E-state index in [9.17, 15) is 4.79 Å². The molecule has 1 aliphatic rings. The largest absolute Gasteiger partial charge is 0.447 e. The van der Waals surface area contributed by atoms with Crippen LogP contribution in [0.25, 0.3) is 0 Å². The van der Waals surface area contributed by atoms with Crippen LogP contribution in [0.5, 0.6) is 0 Å². The van der Waals surface area contributed by atoms with Crippen molar-refractivity contribution in [3.63, 3.8) is 0 Å². The summed E-state index contributed by atoms with van der Waals surface area (Å²) in [6, 6.07) is 3.73. The van der Waals surface area contributed by atoms with E-state index in [1.165, 1.54) is 0 Å². The third-order valence-electron chi connectivity index (χ3n) is 3.74. The lowest BCUT2D eigenvalue weighted by atomic mass is 10.3. The molecule has 9 heteroatoms. The number of carbonyl (C=O) groups excluding carboxylic acids is 1. The molecule has 2 aromatic heterocycles. The predicted molar refractivity (Wildman–Crippen MR) is 94.0 cm³/mol. The third-order valence-corrected chi connectivity index (χ3v) is 3.74. The summed E-state index contributed by atoms with van der Waals surface area (Å²) in [5, 5.41) is 12.8. The second-order valence-corrected chi connectivity index (χ2v) is 6.32. The highest BCUT2D eigenvalue weighted by molar-refractivity contribution is 5.68. The average Bonchev–Trinajstić information content (AvgIpc) is 3.17. The van der Waals surface area contributed by atoms with Gasteiger partial charge in [-0.2, -0.15) is 10.1 Å². The Labute approximate surface area is 146 Å². The van der Waals surface area contributed by atoms with Gasteiger partial charge in [-0.05, 0) is 27.2 Å². The number of hydrogen-bond acceptors (Lipinski definition) is 7. The zero-order valence-corrected chi connectivity index (χ0v) is 14.6. The Kier molecular flexibility index (Phi) is 5.01. The van der Waals surface area contributed by atoms with E-state index in [2.05, 4.69) is 35.7 Å². The summed E-state index contributed by atoms with van der Waals surface area (Å²) in [6.07, 6.45) is 1.99. The van der Waals surface area contributed by atoms with Crippen molar-refractivity contribution < 1.29 is 9.53 Å². The van der Waals surface area contributed by atoms with E-state index in [-0.39, 0.29) is 18.2 Å². The van der Waals surface area contributed by atoms with Gasteiger partial charge in [0.15, 0.2) is 0 Å². The standard InChI is InChI=1S/C16H23N7O2/c1-10(2)25-16(24)19-12-5-7-23(9-12)15-18-11(3)8-14(21-15)20-13-4-6-17-22-13/h4,6,8,10,12H,5,7,9H2,1-3H3,(H,19,24)(H2,17,18,20,21,22)/t12-/m0/s1. The van der Waals surface area contributed by atoms with Gasteiger partial charge in [0, 0.05) is 30.9 Å². The number of anilines is 3. The maximum atomic E-state index is 11.7. The first-order valence-corrected chi connectivity index (χ1v) is 8.34. The monoisotopic (exact) mass is 345 g/mol.